The van der Waals surface area contributed by atoms with Crippen LogP contribution < -0.4 is 5.32 Å². The number of amides is 1. The molecule has 4 rings (SSSR count). The highest BCUT2D eigenvalue weighted by Crippen LogP contribution is 2.31. The van der Waals surface area contributed by atoms with E-state index in [4.69, 9.17) is 0 Å². The molecule has 0 atom stereocenters. The molecule has 0 fully saturated rings. The van der Waals surface area contributed by atoms with Gasteiger partial charge in [0, 0.05) is 6.54 Å². The Morgan fingerprint density at radius 2 is 1.55 bits per heavy atom. The number of rotatable bonds is 5. The van der Waals surface area contributed by atoms with E-state index >= 15 is 0 Å². The summed E-state index contributed by atoms with van der Waals surface area (Å²) in [4.78, 5) is 20.6. The minimum Gasteiger partial charge on any atom is -0.347 e. The number of aromatic nitrogens is 4. The molecule has 2 aromatic carbocycles. The van der Waals surface area contributed by atoms with Gasteiger partial charge in [0.05, 0.1) is 28.6 Å². The number of hydrogen-bond acceptors (Lipinski definition) is 3. The minimum absolute atomic E-state index is 0.120. The molecule has 0 radical (unpaired) electrons. The second-order valence-corrected chi connectivity index (χ2v) is 6.55. The normalized spacial score (nSPS) is 12.0. The van der Waals surface area contributed by atoms with Gasteiger partial charge in [-0.3, -0.25) is 4.79 Å². The summed E-state index contributed by atoms with van der Waals surface area (Å²) in [6.45, 7) is 2.26. The molecule has 9 heteroatoms. The third-order valence-electron chi connectivity index (χ3n) is 4.70. The first-order valence-electron chi connectivity index (χ1n) is 9.11. The van der Waals surface area contributed by atoms with E-state index in [9.17, 15) is 18.0 Å². The van der Waals surface area contributed by atoms with Gasteiger partial charge in [0.25, 0.3) is 0 Å². The maximum Gasteiger partial charge on any atom is 0.449 e. The summed E-state index contributed by atoms with van der Waals surface area (Å²) >= 11 is 0. The fourth-order valence-corrected chi connectivity index (χ4v) is 3.44. The number of imidazole rings is 2. The molecule has 0 aliphatic carbocycles. The second kappa shape index (κ2) is 7.23. The van der Waals surface area contributed by atoms with Crippen LogP contribution in [0.15, 0.2) is 48.5 Å². The van der Waals surface area contributed by atoms with E-state index in [-0.39, 0.29) is 17.6 Å². The Hall–Kier alpha value is -3.36. The van der Waals surface area contributed by atoms with E-state index in [1.165, 1.54) is 12.1 Å². The first-order chi connectivity index (χ1) is 13.9. The highest BCUT2D eigenvalue weighted by Gasteiger charge is 2.38. The Morgan fingerprint density at radius 3 is 2.17 bits per heavy atom. The van der Waals surface area contributed by atoms with Crippen molar-refractivity contribution in [3.63, 3.8) is 0 Å². The van der Waals surface area contributed by atoms with Crippen LogP contribution in [0, 0.1) is 0 Å². The minimum atomic E-state index is -4.66. The van der Waals surface area contributed by atoms with Crippen molar-refractivity contribution < 1.29 is 18.0 Å². The predicted octanol–water partition coefficient (Wildman–Crippen LogP) is 3.74. The lowest BCUT2D eigenvalue weighted by Crippen LogP contribution is -2.30. The number of nitrogens with zero attached hydrogens (tertiary/aromatic N) is 4. The average Bonchev–Trinajstić information content (AvgIpc) is 3.24. The van der Waals surface area contributed by atoms with E-state index in [0.29, 0.717) is 12.4 Å². The Morgan fingerprint density at radius 1 is 0.966 bits per heavy atom. The largest absolute Gasteiger partial charge is 0.449 e. The number of para-hydroxylation sites is 4. The smallest absolute Gasteiger partial charge is 0.347 e. The summed E-state index contributed by atoms with van der Waals surface area (Å²) in [5, 5.41) is 2.68. The van der Waals surface area contributed by atoms with Gasteiger partial charge in [-0.25, -0.2) is 9.97 Å². The molecule has 1 amide bonds. The van der Waals surface area contributed by atoms with Crippen LogP contribution in [-0.4, -0.2) is 25.0 Å². The Balaban J connectivity index is 1.57. The van der Waals surface area contributed by atoms with Crippen molar-refractivity contribution in [3.05, 3.63) is 60.2 Å². The molecule has 0 aliphatic heterocycles. The van der Waals surface area contributed by atoms with Gasteiger partial charge in [-0.05, 0) is 31.2 Å². The Kier molecular flexibility index (Phi) is 4.73. The van der Waals surface area contributed by atoms with Crippen LogP contribution in [0.25, 0.3) is 22.1 Å². The number of benzene rings is 2. The van der Waals surface area contributed by atoms with Crippen LogP contribution in [0.2, 0.25) is 0 Å². The van der Waals surface area contributed by atoms with Crippen molar-refractivity contribution in [2.45, 2.75) is 32.7 Å². The maximum absolute atomic E-state index is 13.4. The summed E-state index contributed by atoms with van der Waals surface area (Å²) in [6.07, 6.45) is -4.66. The average molecular weight is 401 g/mol. The molecule has 0 saturated carbocycles. The summed E-state index contributed by atoms with van der Waals surface area (Å²) in [5.74, 6) is -0.989. The van der Waals surface area contributed by atoms with Gasteiger partial charge < -0.3 is 14.5 Å². The number of halogens is 3. The molecule has 0 saturated heterocycles. The van der Waals surface area contributed by atoms with Crippen LogP contribution in [0.5, 0.6) is 0 Å². The van der Waals surface area contributed by atoms with Crippen LogP contribution in [-0.2, 0) is 30.6 Å². The molecular weight excluding hydrogens is 383 g/mol. The van der Waals surface area contributed by atoms with Gasteiger partial charge in [0.2, 0.25) is 11.7 Å². The van der Waals surface area contributed by atoms with Crippen LogP contribution in [0.1, 0.15) is 18.6 Å². The number of carbonyl (C=O) groups excluding carboxylic acids is 1. The first kappa shape index (κ1) is 19.0. The summed E-state index contributed by atoms with van der Waals surface area (Å²) in [7, 11) is 0. The molecule has 6 nitrogen and oxygen atoms in total. The van der Waals surface area contributed by atoms with E-state index in [1.54, 1.807) is 12.1 Å². The standard InChI is InChI=1S/C20H18F3N5O/c1-2-27-15-9-5-3-7-13(15)25-17(27)11-24-18(29)12-28-16-10-6-4-8-14(16)26-19(28)20(21,22)23/h3-10H,2,11-12H2,1H3,(H,24,29). The molecule has 2 heterocycles. The second-order valence-electron chi connectivity index (χ2n) is 6.55. The van der Waals surface area contributed by atoms with Gasteiger partial charge in [0.1, 0.15) is 12.4 Å². The number of nitrogens with one attached hydrogen (secondary N) is 1. The Bertz CT molecular complexity index is 1190. The third-order valence-corrected chi connectivity index (χ3v) is 4.70. The SMILES string of the molecule is CCn1c(CNC(=O)Cn2c(C(F)(F)F)nc3ccccc32)nc2ccccc21. The zero-order chi connectivity index (χ0) is 20.6. The van der Waals surface area contributed by atoms with Crippen molar-refractivity contribution in [2.75, 3.05) is 0 Å². The fourth-order valence-electron chi connectivity index (χ4n) is 3.44. The monoisotopic (exact) mass is 401 g/mol. The molecular formula is C20H18F3N5O. The van der Waals surface area contributed by atoms with Crippen LogP contribution >= 0.6 is 0 Å². The number of alkyl halides is 3. The molecule has 0 unspecified atom stereocenters. The lowest BCUT2D eigenvalue weighted by molar-refractivity contribution is -0.147. The molecule has 0 aliphatic rings. The van der Waals surface area contributed by atoms with Crippen molar-refractivity contribution in [3.8, 4) is 0 Å². The number of aryl methyl sites for hydroxylation is 1. The first-order valence-corrected chi connectivity index (χ1v) is 9.11. The van der Waals surface area contributed by atoms with Crippen LogP contribution in [0.4, 0.5) is 13.2 Å². The molecule has 150 valence electrons. The topological polar surface area (TPSA) is 64.7 Å². The molecule has 29 heavy (non-hydrogen) atoms. The number of hydrogen-bond donors (Lipinski definition) is 1. The summed E-state index contributed by atoms with van der Waals surface area (Å²) < 4.78 is 43.0. The predicted molar refractivity (Wildman–Crippen MR) is 102 cm³/mol. The zero-order valence-corrected chi connectivity index (χ0v) is 15.6. The highest BCUT2D eigenvalue weighted by atomic mass is 19.4. The maximum atomic E-state index is 13.4. The molecule has 0 bridgehead atoms. The molecule has 2 aromatic heterocycles. The lowest BCUT2D eigenvalue weighted by atomic mass is 10.3. The lowest BCUT2D eigenvalue weighted by Gasteiger charge is -2.12. The van der Waals surface area contributed by atoms with E-state index in [2.05, 4.69) is 15.3 Å². The number of fused-ring (bicyclic) bond motifs is 2. The summed E-state index contributed by atoms with van der Waals surface area (Å²) in [5.41, 5.74) is 2.20. The fraction of sp³-hybridized carbons (Fsp3) is 0.250. The number of carbonyl (C=O) groups is 1. The van der Waals surface area contributed by atoms with Crippen molar-refractivity contribution in [2.24, 2.45) is 0 Å². The zero-order valence-electron chi connectivity index (χ0n) is 15.6. The van der Waals surface area contributed by atoms with Crippen molar-refractivity contribution in [1.29, 1.82) is 0 Å². The van der Waals surface area contributed by atoms with Gasteiger partial charge in [-0.1, -0.05) is 24.3 Å². The summed E-state index contributed by atoms with van der Waals surface area (Å²) in [6, 6.07) is 13.8. The van der Waals surface area contributed by atoms with Crippen LogP contribution in [0.3, 0.4) is 0 Å². The van der Waals surface area contributed by atoms with Gasteiger partial charge in [0.15, 0.2) is 0 Å². The van der Waals surface area contributed by atoms with E-state index < -0.39 is 24.5 Å². The quantitative estimate of drug-likeness (QED) is 0.554. The van der Waals surface area contributed by atoms with Crippen molar-refractivity contribution in [1.82, 2.24) is 24.4 Å². The van der Waals surface area contributed by atoms with E-state index in [1.807, 2.05) is 35.8 Å². The van der Waals surface area contributed by atoms with Crippen molar-refractivity contribution >= 4 is 28.0 Å². The van der Waals surface area contributed by atoms with Gasteiger partial charge in [-0.15, -0.1) is 0 Å². The van der Waals surface area contributed by atoms with Gasteiger partial charge in [-0.2, -0.15) is 13.2 Å². The molecule has 0 spiro atoms. The molecule has 4 aromatic rings. The third kappa shape index (κ3) is 3.55. The Labute approximate surface area is 164 Å². The van der Waals surface area contributed by atoms with E-state index in [0.717, 1.165) is 15.6 Å². The highest BCUT2D eigenvalue weighted by molar-refractivity contribution is 5.81. The molecule has 1 N–H and O–H groups in total. The van der Waals surface area contributed by atoms with Gasteiger partial charge >= 0.3 is 6.18 Å².